The van der Waals surface area contributed by atoms with Gasteiger partial charge in [0.05, 0.1) is 6.61 Å². The maximum Gasteiger partial charge on any atom is 0.320 e. The molecule has 4 nitrogen and oxygen atoms in total. The van der Waals surface area contributed by atoms with Crippen LogP contribution in [0.4, 0.5) is 0 Å². The number of carboxylic acid groups (broad SMARTS) is 1. The molecule has 0 bridgehead atoms. The first-order valence-corrected chi connectivity index (χ1v) is 8.71. The van der Waals surface area contributed by atoms with Gasteiger partial charge >= 0.3 is 11.9 Å². The average molecular weight is 351 g/mol. The van der Waals surface area contributed by atoms with Gasteiger partial charge < -0.3 is 9.84 Å². The lowest BCUT2D eigenvalue weighted by molar-refractivity contribution is -0.158. The second-order valence-corrected chi connectivity index (χ2v) is 5.74. The third-order valence-electron chi connectivity index (χ3n) is 3.25. The fraction of sp³-hybridized carbons (Fsp3) is 0.867. The number of alkyl halides is 1. The Morgan fingerprint density at radius 1 is 1.00 bits per heavy atom. The quantitative estimate of drug-likeness (QED) is 0.234. The molecule has 0 aliphatic carbocycles. The van der Waals surface area contributed by atoms with E-state index in [2.05, 4.69) is 15.9 Å². The van der Waals surface area contributed by atoms with Crippen molar-refractivity contribution in [3.8, 4) is 0 Å². The molecule has 1 N–H and O–H groups in total. The highest BCUT2D eigenvalue weighted by Crippen LogP contribution is 2.15. The van der Waals surface area contributed by atoms with Crippen LogP contribution in [-0.4, -0.2) is 29.0 Å². The largest absolute Gasteiger partial charge is 0.481 e. The minimum absolute atomic E-state index is 0.233. The van der Waals surface area contributed by atoms with Crippen LogP contribution in [0.1, 0.15) is 64.7 Å². The van der Waals surface area contributed by atoms with Gasteiger partial charge in [-0.2, -0.15) is 0 Å². The van der Waals surface area contributed by atoms with Crippen LogP contribution in [0.5, 0.6) is 0 Å². The fourth-order valence-corrected chi connectivity index (χ4v) is 2.49. The van der Waals surface area contributed by atoms with Crippen LogP contribution in [0.3, 0.4) is 0 Å². The van der Waals surface area contributed by atoms with Crippen molar-refractivity contribution < 1.29 is 19.4 Å². The van der Waals surface area contributed by atoms with E-state index in [9.17, 15) is 9.59 Å². The number of rotatable bonds is 13. The SMILES string of the molecule is CCOC(=O)C(CCCCCCCCCCBr)C(=O)O. The Morgan fingerprint density at radius 2 is 1.50 bits per heavy atom. The molecule has 0 fully saturated rings. The number of carbonyl (C=O) groups excluding carboxylic acids is 1. The summed E-state index contributed by atoms with van der Waals surface area (Å²) in [4.78, 5) is 22.4. The zero-order chi connectivity index (χ0) is 15.2. The summed E-state index contributed by atoms with van der Waals surface area (Å²) >= 11 is 3.41. The van der Waals surface area contributed by atoms with Crippen LogP contribution < -0.4 is 0 Å². The van der Waals surface area contributed by atoms with Crippen molar-refractivity contribution in [1.82, 2.24) is 0 Å². The zero-order valence-electron chi connectivity index (χ0n) is 12.4. The Labute approximate surface area is 130 Å². The zero-order valence-corrected chi connectivity index (χ0v) is 14.0. The molecule has 5 heteroatoms. The van der Waals surface area contributed by atoms with Crippen molar-refractivity contribution in [2.45, 2.75) is 64.7 Å². The van der Waals surface area contributed by atoms with Crippen molar-refractivity contribution in [3.63, 3.8) is 0 Å². The molecule has 0 heterocycles. The summed E-state index contributed by atoms with van der Waals surface area (Å²) in [5, 5.41) is 10.1. The summed E-state index contributed by atoms with van der Waals surface area (Å²) in [6.07, 6.45) is 9.48. The van der Waals surface area contributed by atoms with E-state index in [0.29, 0.717) is 6.42 Å². The smallest absolute Gasteiger partial charge is 0.320 e. The lowest BCUT2D eigenvalue weighted by Crippen LogP contribution is -2.25. The van der Waals surface area contributed by atoms with Gasteiger partial charge in [0.15, 0.2) is 5.92 Å². The molecule has 20 heavy (non-hydrogen) atoms. The van der Waals surface area contributed by atoms with Crippen LogP contribution in [0, 0.1) is 5.92 Å². The molecule has 0 aromatic heterocycles. The van der Waals surface area contributed by atoms with Crippen LogP contribution in [0.2, 0.25) is 0 Å². The summed E-state index contributed by atoms with van der Waals surface area (Å²) in [5.41, 5.74) is 0. The maximum absolute atomic E-state index is 11.4. The topological polar surface area (TPSA) is 63.6 Å². The van der Waals surface area contributed by atoms with Crippen molar-refractivity contribution in [2.24, 2.45) is 5.92 Å². The first-order chi connectivity index (χ1) is 9.63. The monoisotopic (exact) mass is 350 g/mol. The highest BCUT2D eigenvalue weighted by atomic mass is 79.9. The fourth-order valence-electron chi connectivity index (χ4n) is 2.09. The van der Waals surface area contributed by atoms with Crippen LogP contribution in [0.15, 0.2) is 0 Å². The van der Waals surface area contributed by atoms with E-state index in [-0.39, 0.29) is 6.61 Å². The first kappa shape index (κ1) is 19.4. The van der Waals surface area contributed by atoms with Crippen molar-refractivity contribution in [2.75, 3.05) is 11.9 Å². The highest BCUT2D eigenvalue weighted by Gasteiger charge is 2.26. The first-order valence-electron chi connectivity index (χ1n) is 7.58. The summed E-state index contributed by atoms with van der Waals surface area (Å²) < 4.78 is 4.77. The maximum atomic E-state index is 11.4. The molecule has 0 radical (unpaired) electrons. The molecule has 0 spiro atoms. The lowest BCUT2D eigenvalue weighted by atomic mass is 10.00. The predicted molar refractivity (Wildman–Crippen MR) is 83.1 cm³/mol. The van der Waals surface area contributed by atoms with E-state index in [0.717, 1.165) is 24.6 Å². The molecule has 0 saturated heterocycles. The molecule has 0 aliphatic rings. The number of carbonyl (C=O) groups is 2. The third kappa shape index (κ3) is 10.2. The number of halogens is 1. The van der Waals surface area contributed by atoms with E-state index < -0.39 is 17.9 Å². The minimum atomic E-state index is -1.07. The number of aliphatic carboxylic acids is 1. The second-order valence-electron chi connectivity index (χ2n) is 4.95. The Hall–Kier alpha value is -0.580. The normalized spacial score (nSPS) is 12.1. The summed E-state index contributed by atoms with van der Waals surface area (Å²) in [6, 6.07) is 0. The van der Waals surface area contributed by atoms with Gasteiger partial charge in [0.1, 0.15) is 0 Å². The van der Waals surface area contributed by atoms with Crippen molar-refractivity contribution in [1.29, 1.82) is 0 Å². The molecule has 0 rings (SSSR count). The molecule has 0 amide bonds. The highest BCUT2D eigenvalue weighted by molar-refractivity contribution is 9.09. The second kappa shape index (κ2) is 13.4. The summed E-state index contributed by atoms with van der Waals surface area (Å²) in [7, 11) is 0. The number of hydrogen-bond donors (Lipinski definition) is 1. The molecule has 0 saturated carbocycles. The molecule has 1 unspecified atom stereocenters. The summed E-state index contributed by atoms with van der Waals surface area (Å²) in [5.74, 6) is -2.66. The Balaban J connectivity index is 3.59. The molecule has 0 aromatic carbocycles. The number of unbranched alkanes of at least 4 members (excludes halogenated alkanes) is 7. The van der Waals surface area contributed by atoms with Crippen molar-refractivity contribution in [3.05, 3.63) is 0 Å². The Morgan fingerprint density at radius 3 is 1.95 bits per heavy atom. The number of esters is 1. The molecule has 0 aliphatic heterocycles. The van der Waals surface area contributed by atoms with Crippen LogP contribution >= 0.6 is 15.9 Å². The summed E-state index contributed by atoms with van der Waals surface area (Å²) in [6.45, 7) is 1.92. The molecule has 1 atom stereocenters. The van der Waals surface area contributed by atoms with Gasteiger partial charge in [0.25, 0.3) is 0 Å². The third-order valence-corrected chi connectivity index (χ3v) is 3.81. The van der Waals surface area contributed by atoms with Gasteiger partial charge in [-0.1, -0.05) is 60.9 Å². The minimum Gasteiger partial charge on any atom is -0.481 e. The van der Waals surface area contributed by atoms with Gasteiger partial charge in [-0.3, -0.25) is 9.59 Å². The Bertz CT molecular complexity index is 269. The van der Waals surface area contributed by atoms with Gasteiger partial charge in [-0.25, -0.2) is 0 Å². The van der Waals surface area contributed by atoms with E-state index in [1.807, 2.05) is 0 Å². The van der Waals surface area contributed by atoms with Gasteiger partial charge in [-0.05, 0) is 19.8 Å². The molecular weight excluding hydrogens is 324 g/mol. The van der Waals surface area contributed by atoms with Crippen LogP contribution in [0.25, 0.3) is 0 Å². The molecule has 0 aromatic rings. The van der Waals surface area contributed by atoms with E-state index in [1.54, 1.807) is 6.92 Å². The number of hydrogen-bond acceptors (Lipinski definition) is 3. The standard InChI is InChI=1S/C15H27BrO4/c1-2-20-15(19)13(14(17)18)11-9-7-5-3-4-6-8-10-12-16/h13H,2-12H2,1H3,(H,17,18). The van der Waals surface area contributed by atoms with E-state index in [1.165, 1.54) is 32.1 Å². The Kier molecular flexibility index (Phi) is 13.0. The molecule has 118 valence electrons. The van der Waals surface area contributed by atoms with Gasteiger partial charge in [-0.15, -0.1) is 0 Å². The number of carboxylic acids is 1. The molecular formula is C15H27BrO4. The van der Waals surface area contributed by atoms with Crippen molar-refractivity contribution >= 4 is 27.9 Å². The predicted octanol–water partition coefficient (Wildman–Crippen LogP) is 4.16. The van der Waals surface area contributed by atoms with Gasteiger partial charge in [0.2, 0.25) is 0 Å². The number of ether oxygens (including phenoxy) is 1. The lowest BCUT2D eigenvalue weighted by Gasteiger charge is -2.10. The van der Waals surface area contributed by atoms with Gasteiger partial charge in [0, 0.05) is 5.33 Å². The average Bonchev–Trinajstić information content (AvgIpc) is 2.40. The van der Waals surface area contributed by atoms with E-state index >= 15 is 0 Å². The van der Waals surface area contributed by atoms with E-state index in [4.69, 9.17) is 9.84 Å². The van der Waals surface area contributed by atoms with Crippen LogP contribution in [-0.2, 0) is 14.3 Å².